The number of rotatable bonds is 7. The Morgan fingerprint density at radius 1 is 1.03 bits per heavy atom. The number of hydrogen-bond acceptors (Lipinski definition) is 11. The average molecular weight is 526 g/mol. The molecule has 1 fully saturated rings. The third-order valence-corrected chi connectivity index (χ3v) is 6.90. The van der Waals surface area contributed by atoms with Crippen molar-refractivity contribution in [1.29, 1.82) is 0 Å². The fourth-order valence-electron chi connectivity index (χ4n) is 4.04. The van der Waals surface area contributed by atoms with Gasteiger partial charge in [-0.2, -0.15) is 0 Å². The maximum atomic E-state index is 13.4. The van der Waals surface area contributed by atoms with E-state index in [1.807, 2.05) is 0 Å². The fraction of sp³-hybridized carbons (Fsp3) is 0.240. The van der Waals surface area contributed by atoms with Crippen LogP contribution >= 0.6 is 11.3 Å². The Balaban J connectivity index is 2.01. The zero-order chi connectivity index (χ0) is 26.9. The summed E-state index contributed by atoms with van der Waals surface area (Å²) < 4.78 is 21.2. The molecule has 2 aromatic heterocycles. The quantitative estimate of drug-likeness (QED) is 0.212. The van der Waals surface area contributed by atoms with Crippen LogP contribution in [-0.4, -0.2) is 61.2 Å². The number of anilines is 1. The summed E-state index contributed by atoms with van der Waals surface area (Å²) in [6, 6.07) is 5.03. The summed E-state index contributed by atoms with van der Waals surface area (Å²) >= 11 is 0.897. The molecule has 0 spiro atoms. The highest BCUT2D eigenvalue weighted by Crippen LogP contribution is 2.48. The summed E-state index contributed by atoms with van der Waals surface area (Å²) in [7, 11) is 5.55. The van der Waals surface area contributed by atoms with Crippen LogP contribution < -0.4 is 19.1 Å². The number of ketones is 1. The second-order valence-electron chi connectivity index (χ2n) is 7.77. The number of aromatic nitrogens is 2. The van der Waals surface area contributed by atoms with Crippen LogP contribution in [0, 0.1) is 6.92 Å². The highest BCUT2D eigenvalue weighted by atomic mass is 32.1. The van der Waals surface area contributed by atoms with Crippen molar-refractivity contribution in [3.63, 3.8) is 0 Å². The number of aliphatic hydroxyl groups is 1. The molecule has 0 saturated carbocycles. The summed E-state index contributed by atoms with van der Waals surface area (Å²) in [5.74, 6) is -2.03. The van der Waals surface area contributed by atoms with E-state index < -0.39 is 29.5 Å². The van der Waals surface area contributed by atoms with Gasteiger partial charge in [0.1, 0.15) is 10.6 Å². The molecule has 11 nitrogen and oxygen atoms in total. The Hall–Kier alpha value is -4.45. The van der Waals surface area contributed by atoms with E-state index in [1.165, 1.54) is 53.0 Å². The molecule has 37 heavy (non-hydrogen) atoms. The minimum atomic E-state index is -1.14. The number of carbonyl (C=O) groups is 3. The second kappa shape index (κ2) is 10.3. The molecule has 1 aromatic carbocycles. The van der Waals surface area contributed by atoms with E-state index in [-0.39, 0.29) is 32.6 Å². The number of aliphatic hydroxyl groups excluding tert-OH is 1. The van der Waals surface area contributed by atoms with Crippen molar-refractivity contribution < 1.29 is 38.4 Å². The van der Waals surface area contributed by atoms with Gasteiger partial charge in [-0.25, -0.2) is 9.78 Å². The van der Waals surface area contributed by atoms with Crippen LogP contribution in [0.15, 0.2) is 42.2 Å². The van der Waals surface area contributed by atoms with Gasteiger partial charge in [0.2, 0.25) is 5.75 Å². The zero-order valence-corrected chi connectivity index (χ0v) is 21.4. The monoisotopic (exact) mass is 525 g/mol. The third-order valence-electron chi connectivity index (χ3n) is 5.76. The topological polar surface area (TPSA) is 137 Å². The van der Waals surface area contributed by atoms with Gasteiger partial charge in [-0.05, 0) is 36.8 Å². The average Bonchev–Trinajstić information content (AvgIpc) is 3.43. The van der Waals surface area contributed by atoms with Crippen molar-refractivity contribution in [3.05, 3.63) is 63.9 Å². The number of hydrogen-bond donors (Lipinski definition) is 1. The van der Waals surface area contributed by atoms with Gasteiger partial charge in [0.15, 0.2) is 16.6 Å². The first-order valence-electron chi connectivity index (χ1n) is 10.8. The Kier molecular flexibility index (Phi) is 7.11. The van der Waals surface area contributed by atoms with Crippen LogP contribution in [0.4, 0.5) is 5.13 Å². The molecule has 1 N–H and O–H groups in total. The number of methoxy groups -OCH3 is 4. The SMILES string of the molecule is COC(=O)c1sc(N2C(=O)C(=O)/C(=C(/O)c3ccncc3)C2c2cc(OC)c(OC)c(OC)c2)nc1C. The van der Waals surface area contributed by atoms with E-state index in [0.29, 0.717) is 17.0 Å². The molecule has 192 valence electrons. The van der Waals surface area contributed by atoms with Crippen LogP contribution in [0.1, 0.15) is 32.5 Å². The third kappa shape index (κ3) is 4.35. The summed E-state index contributed by atoms with van der Waals surface area (Å²) in [4.78, 5) is 48.6. The molecule has 3 aromatic rings. The van der Waals surface area contributed by atoms with Crippen LogP contribution in [0.3, 0.4) is 0 Å². The second-order valence-corrected chi connectivity index (χ2v) is 8.74. The highest BCUT2D eigenvalue weighted by molar-refractivity contribution is 7.17. The van der Waals surface area contributed by atoms with E-state index in [4.69, 9.17) is 18.9 Å². The molecule has 1 unspecified atom stereocenters. The summed E-state index contributed by atoms with van der Waals surface area (Å²) in [5, 5.41) is 11.3. The molecule has 1 saturated heterocycles. The number of aryl methyl sites for hydroxylation is 1. The normalized spacial score (nSPS) is 16.6. The van der Waals surface area contributed by atoms with Gasteiger partial charge in [-0.15, -0.1) is 0 Å². The molecule has 3 heterocycles. The maximum Gasteiger partial charge on any atom is 0.350 e. The van der Waals surface area contributed by atoms with Gasteiger partial charge in [-0.3, -0.25) is 19.5 Å². The van der Waals surface area contributed by atoms with E-state index >= 15 is 0 Å². The van der Waals surface area contributed by atoms with Gasteiger partial charge >= 0.3 is 11.9 Å². The lowest BCUT2D eigenvalue weighted by molar-refractivity contribution is -0.132. The molecule has 0 aliphatic carbocycles. The number of amides is 1. The van der Waals surface area contributed by atoms with Crippen LogP contribution in [-0.2, 0) is 14.3 Å². The number of ether oxygens (including phenoxy) is 4. The number of esters is 1. The molecule has 1 amide bonds. The lowest BCUT2D eigenvalue weighted by Gasteiger charge is -2.24. The Bertz CT molecular complexity index is 1390. The summed E-state index contributed by atoms with van der Waals surface area (Å²) in [6.45, 7) is 1.59. The van der Waals surface area contributed by atoms with Crippen molar-refractivity contribution in [2.24, 2.45) is 0 Å². The van der Waals surface area contributed by atoms with Crippen LogP contribution in [0.2, 0.25) is 0 Å². The smallest absolute Gasteiger partial charge is 0.350 e. The predicted molar refractivity (Wildman–Crippen MR) is 133 cm³/mol. The number of Topliss-reactive ketones (excluding diaryl/α,β-unsaturated/α-hetero) is 1. The molecule has 1 aliphatic rings. The zero-order valence-electron chi connectivity index (χ0n) is 20.6. The van der Waals surface area contributed by atoms with Crippen molar-refractivity contribution in [3.8, 4) is 17.2 Å². The number of pyridine rings is 1. The van der Waals surface area contributed by atoms with E-state index in [2.05, 4.69) is 9.97 Å². The number of benzene rings is 1. The Labute approximate surface area is 215 Å². The lowest BCUT2D eigenvalue weighted by atomic mass is 9.95. The number of thiazole rings is 1. The molecule has 0 radical (unpaired) electrons. The first-order valence-corrected chi connectivity index (χ1v) is 11.7. The van der Waals surface area contributed by atoms with E-state index in [1.54, 1.807) is 19.1 Å². The van der Waals surface area contributed by atoms with E-state index in [0.717, 1.165) is 16.2 Å². The van der Waals surface area contributed by atoms with Crippen molar-refractivity contribution in [1.82, 2.24) is 9.97 Å². The minimum Gasteiger partial charge on any atom is -0.507 e. The Morgan fingerprint density at radius 2 is 1.65 bits per heavy atom. The van der Waals surface area contributed by atoms with E-state index in [9.17, 15) is 19.5 Å². The Morgan fingerprint density at radius 3 is 2.19 bits per heavy atom. The molecular weight excluding hydrogens is 502 g/mol. The number of carbonyl (C=O) groups excluding carboxylic acids is 3. The summed E-state index contributed by atoms with van der Waals surface area (Å²) in [5.41, 5.74) is 0.803. The number of nitrogens with zero attached hydrogens (tertiary/aromatic N) is 3. The first-order chi connectivity index (χ1) is 17.8. The molecule has 1 aliphatic heterocycles. The van der Waals surface area contributed by atoms with Gasteiger partial charge in [0.05, 0.1) is 45.7 Å². The van der Waals surface area contributed by atoms with Gasteiger partial charge in [0, 0.05) is 18.0 Å². The van der Waals surface area contributed by atoms with Crippen molar-refractivity contribution >= 4 is 39.9 Å². The van der Waals surface area contributed by atoms with Gasteiger partial charge in [0.25, 0.3) is 5.78 Å². The maximum absolute atomic E-state index is 13.4. The molecule has 1 atom stereocenters. The standard InChI is InChI=1S/C25H23N3O8S/c1-12-22(24(32)36-5)37-25(27-12)28-18(14-10-15(33-2)21(35-4)16(11-14)34-3)17(20(30)23(28)31)19(29)13-6-8-26-9-7-13/h6-11,18,29H,1-5H3/b19-17+. The van der Waals surface area contributed by atoms with Crippen molar-refractivity contribution in [2.75, 3.05) is 33.3 Å². The van der Waals surface area contributed by atoms with Gasteiger partial charge < -0.3 is 24.1 Å². The summed E-state index contributed by atoms with van der Waals surface area (Å²) in [6.07, 6.45) is 2.90. The van der Waals surface area contributed by atoms with Crippen LogP contribution in [0.25, 0.3) is 5.76 Å². The fourth-order valence-corrected chi connectivity index (χ4v) is 5.05. The van der Waals surface area contributed by atoms with Crippen molar-refractivity contribution in [2.45, 2.75) is 13.0 Å². The molecule has 12 heteroatoms. The predicted octanol–water partition coefficient (Wildman–Crippen LogP) is 3.29. The van der Waals surface area contributed by atoms with Crippen LogP contribution in [0.5, 0.6) is 17.2 Å². The largest absolute Gasteiger partial charge is 0.507 e. The van der Waals surface area contributed by atoms with Gasteiger partial charge in [-0.1, -0.05) is 11.3 Å². The molecule has 0 bridgehead atoms. The highest BCUT2D eigenvalue weighted by Gasteiger charge is 2.49. The first kappa shape index (κ1) is 25.6. The minimum absolute atomic E-state index is 0.0764. The molecular formula is C25H23N3O8S. The molecule has 4 rings (SSSR count). The lowest BCUT2D eigenvalue weighted by Crippen LogP contribution is -2.29.